The molecular formula is C15H21N. The summed E-state index contributed by atoms with van der Waals surface area (Å²) in [5, 5.41) is 3.65. The highest BCUT2D eigenvalue weighted by molar-refractivity contribution is 5.30. The number of rotatable bonds is 4. The number of allylic oxidation sites excluding steroid dienone is 1. The van der Waals surface area contributed by atoms with E-state index < -0.39 is 0 Å². The number of fused-ring (bicyclic) bond motifs is 1. The molecule has 0 radical (unpaired) electrons. The first-order valence-corrected chi connectivity index (χ1v) is 6.31. The molecule has 1 aliphatic rings. The molecule has 16 heavy (non-hydrogen) atoms. The second kappa shape index (κ2) is 5.86. The standard InChI is InChI=1S/C15H21N/c1-2-3-6-11-16-15-10-9-13-7-4-5-8-14(13)12-15/h2-5,7-8,15-16H,6,9-12H2,1H3/b3-2+. The van der Waals surface area contributed by atoms with Gasteiger partial charge in [0.05, 0.1) is 0 Å². The van der Waals surface area contributed by atoms with E-state index in [4.69, 9.17) is 0 Å². The van der Waals surface area contributed by atoms with Crippen molar-refractivity contribution < 1.29 is 0 Å². The molecule has 2 rings (SSSR count). The Labute approximate surface area is 98.6 Å². The van der Waals surface area contributed by atoms with Crippen molar-refractivity contribution in [3.63, 3.8) is 0 Å². The van der Waals surface area contributed by atoms with E-state index in [1.807, 2.05) is 0 Å². The van der Waals surface area contributed by atoms with Crippen molar-refractivity contribution in [2.45, 2.75) is 38.6 Å². The minimum absolute atomic E-state index is 0.681. The van der Waals surface area contributed by atoms with Gasteiger partial charge in [-0.2, -0.15) is 0 Å². The lowest BCUT2D eigenvalue weighted by atomic mass is 9.88. The molecule has 0 saturated heterocycles. The predicted molar refractivity (Wildman–Crippen MR) is 69.7 cm³/mol. The summed E-state index contributed by atoms with van der Waals surface area (Å²) in [6.07, 6.45) is 9.21. The summed E-state index contributed by atoms with van der Waals surface area (Å²) in [7, 11) is 0. The number of hydrogen-bond acceptors (Lipinski definition) is 1. The van der Waals surface area contributed by atoms with Gasteiger partial charge >= 0.3 is 0 Å². The van der Waals surface area contributed by atoms with E-state index in [0.29, 0.717) is 6.04 Å². The summed E-state index contributed by atoms with van der Waals surface area (Å²) in [6, 6.07) is 9.53. The Kier molecular flexibility index (Phi) is 4.17. The smallest absolute Gasteiger partial charge is 0.0111 e. The molecule has 0 saturated carbocycles. The molecule has 1 nitrogen and oxygen atoms in total. The van der Waals surface area contributed by atoms with Crippen LogP contribution >= 0.6 is 0 Å². The van der Waals surface area contributed by atoms with E-state index >= 15 is 0 Å². The molecule has 1 aromatic carbocycles. The maximum Gasteiger partial charge on any atom is 0.0111 e. The Morgan fingerprint density at radius 2 is 2.12 bits per heavy atom. The van der Waals surface area contributed by atoms with Crippen molar-refractivity contribution in [3.05, 3.63) is 47.5 Å². The van der Waals surface area contributed by atoms with Crippen LogP contribution in [0.2, 0.25) is 0 Å². The van der Waals surface area contributed by atoms with Gasteiger partial charge < -0.3 is 5.32 Å². The number of nitrogens with one attached hydrogen (secondary N) is 1. The van der Waals surface area contributed by atoms with Crippen molar-refractivity contribution in [2.24, 2.45) is 0 Å². The summed E-state index contributed by atoms with van der Waals surface area (Å²) in [4.78, 5) is 0. The van der Waals surface area contributed by atoms with Crippen LogP contribution < -0.4 is 5.32 Å². The highest BCUT2D eigenvalue weighted by Crippen LogP contribution is 2.20. The Morgan fingerprint density at radius 1 is 1.31 bits per heavy atom. The molecule has 1 aliphatic carbocycles. The molecule has 86 valence electrons. The minimum Gasteiger partial charge on any atom is -0.313 e. The summed E-state index contributed by atoms with van der Waals surface area (Å²) in [5.74, 6) is 0. The lowest BCUT2D eigenvalue weighted by Crippen LogP contribution is -2.34. The lowest BCUT2D eigenvalue weighted by Gasteiger charge is -2.25. The zero-order valence-corrected chi connectivity index (χ0v) is 10.1. The Bertz CT molecular complexity index is 354. The molecule has 0 aromatic heterocycles. The van der Waals surface area contributed by atoms with Crippen LogP contribution in [-0.2, 0) is 12.8 Å². The van der Waals surface area contributed by atoms with Crippen LogP contribution in [0.3, 0.4) is 0 Å². The SMILES string of the molecule is C/C=C/CCNC1CCc2ccccc2C1. The van der Waals surface area contributed by atoms with E-state index in [1.165, 1.54) is 24.8 Å². The summed E-state index contributed by atoms with van der Waals surface area (Å²) in [6.45, 7) is 3.19. The summed E-state index contributed by atoms with van der Waals surface area (Å²) in [5.41, 5.74) is 3.09. The van der Waals surface area contributed by atoms with Gasteiger partial charge in [-0.1, -0.05) is 36.4 Å². The van der Waals surface area contributed by atoms with Crippen LogP contribution in [0.5, 0.6) is 0 Å². The van der Waals surface area contributed by atoms with E-state index in [2.05, 4.69) is 48.7 Å². The van der Waals surface area contributed by atoms with Crippen LogP contribution in [0.1, 0.15) is 30.9 Å². The normalized spacial score (nSPS) is 19.9. The van der Waals surface area contributed by atoms with Gasteiger partial charge in [-0.15, -0.1) is 0 Å². The average Bonchev–Trinajstić information content (AvgIpc) is 2.34. The third-order valence-corrected chi connectivity index (χ3v) is 3.33. The van der Waals surface area contributed by atoms with Crippen LogP contribution in [-0.4, -0.2) is 12.6 Å². The largest absolute Gasteiger partial charge is 0.313 e. The highest BCUT2D eigenvalue weighted by atomic mass is 14.9. The fourth-order valence-electron chi connectivity index (χ4n) is 2.41. The van der Waals surface area contributed by atoms with Gasteiger partial charge in [0.1, 0.15) is 0 Å². The topological polar surface area (TPSA) is 12.0 Å². The number of aryl methyl sites for hydroxylation is 1. The molecule has 0 bridgehead atoms. The van der Waals surface area contributed by atoms with E-state index in [1.54, 1.807) is 5.56 Å². The second-order valence-electron chi connectivity index (χ2n) is 4.52. The summed E-state index contributed by atoms with van der Waals surface area (Å²) >= 11 is 0. The molecule has 1 atom stereocenters. The van der Waals surface area contributed by atoms with Crippen molar-refractivity contribution in [1.82, 2.24) is 5.32 Å². The molecule has 1 unspecified atom stereocenters. The van der Waals surface area contributed by atoms with Crippen LogP contribution in [0.15, 0.2) is 36.4 Å². The second-order valence-corrected chi connectivity index (χ2v) is 4.52. The maximum absolute atomic E-state index is 3.65. The van der Waals surface area contributed by atoms with Gasteiger partial charge in [0.15, 0.2) is 0 Å². The minimum atomic E-state index is 0.681. The Hall–Kier alpha value is -1.08. The third kappa shape index (κ3) is 2.96. The fraction of sp³-hybridized carbons (Fsp3) is 0.467. The predicted octanol–water partition coefficient (Wildman–Crippen LogP) is 3.10. The Balaban J connectivity index is 1.83. The molecule has 0 amide bonds. The van der Waals surface area contributed by atoms with E-state index in [9.17, 15) is 0 Å². The molecule has 1 aromatic rings. The van der Waals surface area contributed by atoms with Crippen LogP contribution in [0, 0.1) is 0 Å². The first-order chi connectivity index (χ1) is 7.90. The monoisotopic (exact) mass is 215 g/mol. The first kappa shape index (κ1) is 11.4. The molecule has 0 fully saturated rings. The van der Waals surface area contributed by atoms with Crippen LogP contribution in [0.25, 0.3) is 0 Å². The van der Waals surface area contributed by atoms with E-state index in [-0.39, 0.29) is 0 Å². The van der Waals surface area contributed by atoms with Gasteiger partial charge in [0, 0.05) is 6.04 Å². The van der Waals surface area contributed by atoms with Crippen molar-refractivity contribution in [3.8, 4) is 0 Å². The molecule has 1 N–H and O–H groups in total. The van der Waals surface area contributed by atoms with Gasteiger partial charge in [-0.25, -0.2) is 0 Å². The zero-order valence-electron chi connectivity index (χ0n) is 10.1. The fourth-order valence-corrected chi connectivity index (χ4v) is 2.41. The van der Waals surface area contributed by atoms with Gasteiger partial charge in [-0.05, 0) is 50.3 Å². The Morgan fingerprint density at radius 3 is 2.94 bits per heavy atom. The van der Waals surface area contributed by atoms with Crippen molar-refractivity contribution in [1.29, 1.82) is 0 Å². The van der Waals surface area contributed by atoms with Crippen LogP contribution in [0.4, 0.5) is 0 Å². The molecule has 0 spiro atoms. The van der Waals surface area contributed by atoms with Crippen molar-refractivity contribution in [2.75, 3.05) is 6.54 Å². The third-order valence-electron chi connectivity index (χ3n) is 3.33. The number of benzene rings is 1. The van der Waals surface area contributed by atoms with Gasteiger partial charge in [-0.3, -0.25) is 0 Å². The molecular weight excluding hydrogens is 194 g/mol. The molecule has 0 aliphatic heterocycles. The zero-order chi connectivity index (χ0) is 11.2. The van der Waals surface area contributed by atoms with Gasteiger partial charge in [0.25, 0.3) is 0 Å². The molecule has 1 heteroatoms. The maximum atomic E-state index is 3.65. The number of hydrogen-bond donors (Lipinski definition) is 1. The van der Waals surface area contributed by atoms with Gasteiger partial charge in [0.2, 0.25) is 0 Å². The summed E-state index contributed by atoms with van der Waals surface area (Å²) < 4.78 is 0. The van der Waals surface area contributed by atoms with E-state index in [0.717, 1.165) is 13.0 Å². The van der Waals surface area contributed by atoms with Crippen molar-refractivity contribution >= 4 is 0 Å². The molecule has 0 heterocycles. The highest BCUT2D eigenvalue weighted by Gasteiger charge is 2.16. The quantitative estimate of drug-likeness (QED) is 0.601. The lowest BCUT2D eigenvalue weighted by molar-refractivity contribution is 0.463. The average molecular weight is 215 g/mol. The first-order valence-electron chi connectivity index (χ1n) is 6.31.